The molecule has 2 aromatic rings. The molecule has 1 aliphatic carbocycles. The van der Waals surface area contributed by atoms with E-state index >= 15 is 0 Å². The van der Waals surface area contributed by atoms with E-state index in [4.69, 9.17) is 9.63 Å². The molecule has 116 valence electrons. The van der Waals surface area contributed by atoms with Crippen molar-refractivity contribution in [3.63, 3.8) is 0 Å². The average molecular weight is 300 g/mol. The Morgan fingerprint density at radius 2 is 1.95 bits per heavy atom. The molecule has 0 radical (unpaired) electrons. The molecule has 1 saturated carbocycles. The summed E-state index contributed by atoms with van der Waals surface area (Å²) in [6.07, 6.45) is 3.70. The minimum Gasteiger partial charge on any atom is -0.396 e. The molecule has 0 aliphatic heterocycles. The Labute approximate surface area is 129 Å². The molecule has 0 bridgehead atoms. The maximum atomic E-state index is 12.2. The van der Waals surface area contributed by atoms with Crippen molar-refractivity contribution in [3.05, 3.63) is 42.2 Å². The van der Waals surface area contributed by atoms with Crippen LogP contribution < -0.4 is 5.32 Å². The topological polar surface area (TPSA) is 75.4 Å². The number of rotatable bonds is 4. The Balaban J connectivity index is 1.60. The fourth-order valence-electron chi connectivity index (χ4n) is 2.87. The van der Waals surface area contributed by atoms with Gasteiger partial charge >= 0.3 is 0 Å². The molecule has 1 fully saturated rings. The standard InChI is InChI=1S/C17H20N2O3/c20-11-12-6-8-14(9-7-12)18-17(21)16-10-15(19-22-16)13-4-2-1-3-5-13/h1-5,10,12,14,20H,6-9,11H2,(H,18,21). The number of hydrogen-bond acceptors (Lipinski definition) is 4. The van der Waals surface area contributed by atoms with Gasteiger partial charge in [0.1, 0.15) is 5.69 Å². The van der Waals surface area contributed by atoms with Gasteiger partial charge in [0.05, 0.1) is 0 Å². The van der Waals surface area contributed by atoms with Crippen LogP contribution in [0, 0.1) is 5.92 Å². The van der Waals surface area contributed by atoms with Crippen molar-refractivity contribution in [2.75, 3.05) is 6.61 Å². The van der Waals surface area contributed by atoms with Gasteiger partial charge in [-0.05, 0) is 31.6 Å². The summed E-state index contributed by atoms with van der Waals surface area (Å²) in [6, 6.07) is 11.4. The summed E-state index contributed by atoms with van der Waals surface area (Å²) in [6.45, 7) is 0.239. The highest BCUT2D eigenvalue weighted by Gasteiger charge is 2.23. The molecular weight excluding hydrogens is 280 g/mol. The smallest absolute Gasteiger partial charge is 0.290 e. The highest BCUT2D eigenvalue weighted by molar-refractivity contribution is 5.92. The molecule has 3 rings (SSSR count). The summed E-state index contributed by atoms with van der Waals surface area (Å²) >= 11 is 0. The SMILES string of the molecule is O=C(NC1CCC(CO)CC1)c1cc(-c2ccccc2)no1. The zero-order valence-electron chi connectivity index (χ0n) is 12.4. The van der Waals surface area contributed by atoms with Gasteiger partial charge in [-0.2, -0.15) is 0 Å². The van der Waals surface area contributed by atoms with E-state index in [1.54, 1.807) is 6.07 Å². The first-order chi connectivity index (χ1) is 10.8. The van der Waals surface area contributed by atoms with Gasteiger partial charge in [0, 0.05) is 24.3 Å². The lowest BCUT2D eigenvalue weighted by molar-refractivity contribution is 0.0877. The number of benzene rings is 1. The van der Waals surface area contributed by atoms with Crippen LogP contribution in [-0.4, -0.2) is 28.8 Å². The molecule has 1 amide bonds. The Kier molecular flexibility index (Phi) is 4.53. The third kappa shape index (κ3) is 3.36. The lowest BCUT2D eigenvalue weighted by atomic mass is 9.86. The number of nitrogens with zero attached hydrogens (tertiary/aromatic N) is 1. The van der Waals surface area contributed by atoms with Crippen LogP contribution in [0.5, 0.6) is 0 Å². The summed E-state index contributed by atoms with van der Waals surface area (Å²) in [5, 5.41) is 16.1. The fourth-order valence-corrected chi connectivity index (χ4v) is 2.87. The lowest BCUT2D eigenvalue weighted by Gasteiger charge is -2.27. The number of carbonyl (C=O) groups is 1. The van der Waals surface area contributed by atoms with Crippen molar-refractivity contribution in [2.45, 2.75) is 31.7 Å². The van der Waals surface area contributed by atoms with Gasteiger partial charge in [0.2, 0.25) is 5.76 Å². The van der Waals surface area contributed by atoms with E-state index in [1.165, 1.54) is 0 Å². The number of aromatic nitrogens is 1. The van der Waals surface area contributed by atoms with Crippen molar-refractivity contribution in [1.82, 2.24) is 10.5 Å². The molecule has 5 heteroatoms. The number of nitrogens with one attached hydrogen (secondary N) is 1. The second-order valence-electron chi connectivity index (χ2n) is 5.82. The van der Waals surface area contributed by atoms with Crippen LogP contribution in [-0.2, 0) is 0 Å². The molecular formula is C17H20N2O3. The van der Waals surface area contributed by atoms with Crippen LogP contribution in [0.3, 0.4) is 0 Å². The predicted molar refractivity (Wildman–Crippen MR) is 82.2 cm³/mol. The van der Waals surface area contributed by atoms with Crippen LogP contribution in [0.2, 0.25) is 0 Å². The van der Waals surface area contributed by atoms with Crippen LogP contribution >= 0.6 is 0 Å². The Hall–Kier alpha value is -2.14. The number of amides is 1. The van der Waals surface area contributed by atoms with E-state index < -0.39 is 0 Å². The largest absolute Gasteiger partial charge is 0.396 e. The third-order valence-electron chi connectivity index (χ3n) is 4.24. The molecule has 22 heavy (non-hydrogen) atoms. The van der Waals surface area contributed by atoms with E-state index in [0.717, 1.165) is 31.2 Å². The first-order valence-corrected chi connectivity index (χ1v) is 7.70. The van der Waals surface area contributed by atoms with E-state index in [1.807, 2.05) is 30.3 Å². The first kappa shape index (κ1) is 14.8. The van der Waals surface area contributed by atoms with Crippen LogP contribution in [0.1, 0.15) is 36.2 Å². The van der Waals surface area contributed by atoms with E-state index in [2.05, 4.69) is 10.5 Å². The maximum Gasteiger partial charge on any atom is 0.290 e. The maximum absolute atomic E-state index is 12.2. The van der Waals surface area contributed by atoms with E-state index in [0.29, 0.717) is 11.6 Å². The normalized spacial score (nSPS) is 21.5. The fraction of sp³-hybridized carbons (Fsp3) is 0.412. The third-order valence-corrected chi connectivity index (χ3v) is 4.24. The second kappa shape index (κ2) is 6.75. The molecule has 0 saturated heterocycles. The van der Waals surface area contributed by atoms with Crippen molar-refractivity contribution in [3.8, 4) is 11.3 Å². The first-order valence-electron chi connectivity index (χ1n) is 7.70. The zero-order chi connectivity index (χ0) is 15.4. The molecule has 1 heterocycles. The summed E-state index contributed by atoms with van der Waals surface area (Å²) in [4.78, 5) is 12.2. The predicted octanol–water partition coefficient (Wildman–Crippen LogP) is 2.62. The molecule has 0 spiro atoms. The van der Waals surface area contributed by atoms with Gasteiger partial charge in [-0.3, -0.25) is 4.79 Å². The molecule has 1 aliphatic rings. The lowest BCUT2D eigenvalue weighted by Crippen LogP contribution is -2.37. The number of hydrogen-bond donors (Lipinski definition) is 2. The summed E-state index contributed by atoms with van der Waals surface area (Å²) in [7, 11) is 0. The van der Waals surface area contributed by atoms with Crippen molar-refractivity contribution >= 4 is 5.91 Å². The zero-order valence-corrected chi connectivity index (χ0v) is 12.4. The molecule has 2 N–H and O–H groups in total. The highest BCUT2D eigenvalue weighted by atomic mass is 16.5. The van der Waals surface area contributed by atoms with Crippen molar-refractivity contribution < 1.29 is 14.4 Å². The van der Waals surface area contributed by atoms with Gasteiger partial charge in [-0.25, -0.2) is 0 Å². The second-order valence-corrected chi connectivity index (χ2v) is 5.82. The summed E-state index contributed by atoms with van der Waals surface area (Å²) < 4.78 is 5.16. The minimum absolute atomic E-state index is 0.153. The van der Waals surface area contributed by atoms with E-state index in [9.17, 15) is 4.79 Å². The van der Waals surface area contributed by atoms with Crippen LogP contribution in [0.15, 0.2) is 40.9 Å². The Morgan fingerprint density at radius 3 is 2.64 bits per heavy atom. The Bertz CT molecular complexity index is 616. The quantitative estimate of drug-likeness (QED) is 0.910. The molecule has 1 aromatic heterocycles. The van der Waals surface area contributed by atoms with Gasteiger partial charge < -0.3 is 14.9 Å². The highest BCUT2D eigenvalue weighted by Crippen LogP contribution is 2.24. The number of carbonyl (C=O) groups excluding carboxylic acids is 1. The average Bonchev–Trinajstić information content (AvgIpc) is 3.06. The number of aliphatic hydroxyl groups excluding tert-OH is 1. The van der Waals surface area contributed by atoms with Gasteiger partial charge in [-0.15, -0.1) is 0 Å². The minimum atomic E-state index is -0.220. The van der Waals surface area contributed by atoms with Gasteiger partial charge in [-0.1, -0.05) is 35.5 Å². The van der Waals surface area contributed by atoms with Gasteiger partial charge in [0.15, 0.2) is 0 Å². The van der Waals surface area contributed by atoms with Gasteiger partial charge in [0.25, 0.3) is 5.91 Å². The summed E-state index contributed by atoms with van der Waals surface area (Å²) in [5.74, 6) is 0.397. The molecule has 5 nitrogen and oxygen atoms in total. The number of aliphatic hydroxyl groups is 1. The monoisotopic (exact) mass is 300 g/mol. The van der Waals surface area contributed by atoms with E-state index in [-0.39, 0.29) is 24.3 Å². The van der Waals surface area contributed by atoms with Crippen LogP contribution in [0.4, 0.5) is 0 Å². The van der Waals surface area contributed by atoms with Crippen molar-refractivity contribution in [1.29, 1.82) is 0 Å². The molecule has 1 aromatic carbocycles. The molecule has 0 unspecified atom stereocenters. The van der Waals surface area contributed by atoms with Crippen molar-refractivity contribution in [2.24, 2.45) is 5.92 Å². The summed E-state index contributed by atoms with van der Waals surface area (Å²) in [5.41, 5.74) is 1.59. The van der Waals surface area contributed by atoms with Crippen LogP contribution in [0.25, 0.3) is 11.3 Å². The molecule has 0 atom stereocenters. The Morgan fingerprint density at radius 1 is 1.23 bits per heavy atom.